The first-order chi connectivity index (χ1) is 10.0. The number of amides is 1. The largest absolute Gasteiger partial charge is 0.379 e. The van der Waals surface area contributed by atoms with E-state index in [9.17, 15) is 4.79 Å². The lowest BCUT2D eigenvalue weighted by Gasteiger charge is -2.16. The fourth-order valence-electron chi connectivity index (χ4n) is 1.98. The van der Waals surface area contributed by atoms with Gasteiger partial charge in [-0.1, -0.05) is 29.3 Å². The standard InChI is InChI=1S/C16H16Cl2N2O/c1-10(12-5-8-14(17)15(18)9-12)20-13-6-3-11(4-7-13)16(21)19-2/h3-10,20H,1-2H3,(H,19,21). The van der Waals surface area contributed by atoms with Crippen molar-refractivity contribution in [1.29, 1.82) is 0 Å². The second kappa shape index (κ2) is 6.83. The zero-order valence-electron chi connectivity index (χ0n) is 11.8. The third kappa shape index (κ3) is 3.90. The summed E-state index contributed by atoms with van der Waals surface area (Å²) in [6.07, 6.45) is 0. The van der Waals surface area contributed by atoms with E-state index in [1.807, 2.05) is 31.2 Å². The first kappa shape index (κ1) is 15.7. The minimum Gasteiger partial charge on any atom is -0.379 e. The van der Waals surface area contributed by atoms with Crippen LogP contribution in [0, 0.1) is 0 Å². The van der Waals surface area contributed by atoms with Gasteiger partial charge >= 0.3 is 0 Å². The highest BCUT2D eigenvalue weighted by Crippen LogP contribution is 2.27. The van der Waals surface area contributed by atoms with Gasteiger partial charge in [0.05, 0.1) is 10.0 Å². The Labute approximate surface area is 134 Å². The van der Waals surface area contributed by atoms with Crippen molar-refractivity contribution in [3.63, 3.8) is 0 Å². The summed E-state index contributed by atoms with van der Waals surface area (Å²) < 4.78 is 0. The maximum absolute atomic E-state index is 11.5. The molecule has 0 radical (unpaired) electrons. The number of rotatable bonds is 4. The zero-order chi connectivity index (χ0) is 15.4. The molecule has 0 heterocycles. The second-order valence-corrected chi connectivity index (χ2v) is 5.51. The van der Waals surface area contributed by atoms with Crippen LogP contribution in [0.3, 0.4) is 0 Å². The van der Waals surface area contributed by atoms with E-state index in [0.717, 1.165) is 11.3 Å². The Balaban J connectivity index is 2.10. The maximum Gasteiger partial charge on any atom is 0.251 e. The quantitative estimate of drug-likeness (QED) is 0.868. The molecule has 1 amide bonds. The van der Waals surface area contributed by atoms with Gasteiger partial charge in [-0.05, 0) is 48.9 Å². The van der Waals surface area contributed by atoms with Crippen molar-refractivity contribution >= 4 is 34.8 Å². The second-order valence-electron chi connectivity index (χ2n) is 4.70. The molecule has 0 aromatic heterocycles. The van der Waals surface area contributed by atoms with Crippen LogP contribution in [0.25, 0.3) is 0 Å². The molecule has 0 fully saturated rings. The van der Waals surface area contributed by atoms with Crippen LogP contribution in [0.4, 0.5) is 5.69 Å². The molecule has 1 unspecified atom stereocenters. The molecule has 0 saturated carbocycles. The molecule has 0 aliphatic heterocycles. The average Bonchev–Trinajstić information content (AvgIpc) is 2.50. The van der Waals surface area contributed by atoms with E-state index >= 15 is 0 Å². The summed E-state index contributed by atoms with van der Waals surface area (Å²) in [6, 6.07) is 12.9. The van der Waals surface area contributed by atoms with Gasteiger partial charge in [0.1, 0.15) is 0 Å². The number of anilines is 1. The van der Waals surface area contributed by atoms with Crippen LogP contribution in [0.2, 0.25) is 10.0 Å². The van der Waals surface area contributed by atoms with E-state index in [1.54, 1.807) is 25.2 Å². The molecule has 0 aliphatic rings. The molecule has 2 N–H and O–H groups in total. The summed E-state index contributed by atoms with van der Waals surface area (Å²) in [5, 5.41) is 7.03. The van der Waals surface area contributed by atoms with Crippen LogP contribution in [0.1, 0.15) is 28.9 Å². The van der Waals surface area contributed by atoms with E-state index in [1.165, 1.54) is 0 Å². The van der Waals surface area contributed by atoms with Crippen molar-refractivity contribution in [3.8, 4) is 0 Å². The third-order valence-corrected chi connectivity index (χ3v) is 3.94. The number of carbonyl (C=O) groups excluding carboxylic acids is 1. The number of nitrogens with one attached hydrogen (secondary N) is 2. The average molecular weight is 323 g/mol. The molecule has 3 nitrogen and oxygen atoms in total. The topological polar surface area (TPSA) is 41.1 Å². The van der Waals surface area contributed by atoms with Crippen molar-refractivity contribution in [1.82, 2.24) is 5.32 Å². The maximum atomic E-state index is 11.5. The predicted molar refractivity (Wildman–Crippen MR) is 88.3 cm³/mol. The van der Waals surface area contributed by atoms with E-state index in [0.29, 0.717) is 15.6 Å². The molecule has 1 atom stereocenters. The molecule has 2 rings (SSSR count). The predicted octanol–water partition coefficient (Wildman–Crippen LogP) is 4.53. The summed E-state index contributed by atoms with van der Waals surface area (Å²) in [6.45, 7) is 2.03. The van der Waals surface area contributed by atoms with Crippen LogP contribution in [-0.4, -0.2) is 13.0 Å². The van der Waals surface area contributed by atoms with Gasteiger partial charge in [0, 0.05) is 24.3 Å². The van der Waals surface area contributed by atoms with E-state index < -0.39 is 0 Å². The monoisotopic (exact) mass is 322 g/mol. The zero-order valence-corrected chi connectivity index (χ0v) is 13.3. The van der Waals surface area contributed by atoms with Crippen LogP contribution in [-0.2, 0) is 0 Å². The number of hydrogen-bond donors (Lipinski definition) is 2. The molecule has 0 spiro atoms. The molecule has 2 aromatic carbocycles. The Kier molecular flexibility index (Phi) is 5.10. The van der Waals surface area contributed by atoms with Crippen LogP contribution in [0.15, 0.2) is 42.5 Å². The Hall–Kier alpha value is -1.71. The summed E-state index contributed by atoms with van der Waals surface area (Å²) >= 11 is 11.9. The van der Waals surface area contributed by atoms with Crippen molar-refractivity contribution in [2.24, 2.45) is 0 Å². The molecule has 110 valence electrons. The van der Waals surface area contributed by atoms with Gasteiger partial charge in [0.25, 0.3) is 5.91 Å². The van der Waals surface area contributed by atoms with Crippen molar-refractivity contribution in [2.45, 2.75) is 13.0 Å². The molecule has 0 bridgehead atoms. The van der Waals surface area contributed by atoms with Crippen molar-refractivity contribution in [3.05, 3.63) is 63.6 Å². The lowest BCUT2D eigenvalue weighted by Crippen LogP contribution is -2.17. The normalized spacial score (nSPS) is 11.8. The minimum atomic E-state index is -0.0981. The van der Waals surface area contributed by atoms with E-state index in [-0.39, 0.29) is 11.9 Å². The fourth-order valence-corrected chi connectivity index (χ4v) is 2.28. The molecule has 2 aromatic rings. The molecule has 0 aliphatic carbocycles. The first-order valence-corrected chi connectivity index (χ1v) is 7.30. The molecular weight excluding hydrogens is 307 g/mol. The number of hydrogen-bond acceptors (Lipinski definition) is 2. The first-order valence-electron chi connectivity index (χ1n) is 6.55. The molecule has 21 heavy (non-hydrogen) atoms. The minimum absolute atomic E-state index is 0.0746. The SMILES string of the molecule is CNC(=O)c1ccc(NC(C)c2ccc(Cl)c(Cl)c2)cc1. The molecule has 0 saturated heterocycles. The third-order valence-electron chi connectivity index (χ3n) is 3.20. The Morgan fingerprint density at radius 3 is 2.29 bits per heavy atom. The van der Waals surface area contributed by atoms with Crippen molar-refractivity contribution < 1.29 is 4.79 Å². The number of benzene rings is 2. The highest BCUT2D eigenvalue weighted by atomic mass is 35.5. The van der Waals surface area contributed by atoms with E-state index in [2.05, 4.69) is 10.6 Å². The summed E-state index contributed by atoms with van der Waals surface area (Å²) in [5.74, 6) is -0.0981. The van der Waals surface area contributed by atoms with E-state index in [4.69, 9.17) is 23.2 Å². The highest BCUT2D eigenvalue weighted by Gasteiger charge is 2.08. The Morgan fingerprint density at radius 1 is 1.05 bits per heavy atom. The highest BCUT2D eigenvalue weighted by molar-refractivity contribution is 6.42. The van der Waals surface area contributed by atoms with Crippen LogP contribution >= 0.6 is 23.2 Å². The van der Waals surface area contributed by atoms with Gasteiger partial charge < -0.3 is 10.6 Å². The summed E-state index contributed by atoms with van der Waals surface area (Å²) in [4.78, 5) is 11.5. The van der Waals surface area contributed by atoms with Gasteiger partial charge in [-0.3, -0.25) is 4.79 Å². The lowest BCUT2D eigenvalue weighted by molar-refractivity contribution is 0.0963. The van der Waals surface area contributed by atoms with Gasteiger partial charge in [0.15, 0.2) is 0 Å². The number of halogens is 2. The molecule has 5 heteroatoms. The van der Waals surface area contributed by atoms with Crippen molar-refractivity contribution in [2.75, 3.05) is 12.4 Å². The van der Waals surface area contributed by atoms with Crippen LogP contribution < -0.4 is 10.6 Å². The summed E-state index contributed by atoms with van der Waals surface area (Å²) in [5.41, 5.74) is 2.60. The molecular formula is C16H16Cl2N2O. The van der Waals surface area contributed by atoms with Gasteiger partial charge in [-0.2, -0.15) is 0 Å². The Morgan fingerprint density at radius 2 is 1.71 bits per heavy atom. The number of carbonyl (C=O) groups is 1. The summed E-state index contributed by atoms with van der Waals surface area (Å²) in [7, 11) is 1.61. The Bertz CT molecular complexity index is 641. The van der Waals surface area contributed by atoms with Crippen LogP contribution in [0.5, 0.6) is 0 Å². The van der Waals surface area contributed by atoms with Gasteiger partial charge in [-0.25, -0.2) is 0 Å². The van der Waals surface area contributed by atoms with Gasteiger partial charge in [-0.15, -0.1) is 0 Å². The fraction of sp³-hybridized carbons (Fsp3) is 0.188. The van der Waals surface area contributed by atoms with Gasteiger partial charge in [0.2, 0.25) is 0 Å². The smallest absolute Gasteiger partial charge is 0.251 e. The lowest BCUT2D eigenvalue weighted by atomic mass is 10.1.